The van der Waals surface area contributed by atoms with Gasteiger partial charge in [-0.1, -0.05) is 42.0 Å². The smallest absolute Gasteiger partial charge is 0.0717 e. The fraction of sp³-hybridized carbons (Fsp3) is 0.500. The van der Waals surface area contributed by atoms with Gasteiger partial charge in [-0.2, -0.15) is 0 Å². The highest BCUT2D eigenvalue weighted by atomic mass is 35.5. The molecule has 0 saturated heterocycles. The van der Waals surface area contributed by atoms with E-state index >= 15 is 0 Å². The molecule has 0 nitrogen and oxygen atoms in total. The molecule has 0 aromatic rings. The van der Waals surface area contributed by atoms with Crippen molar-refractivity contribution in [2.24, 2.45) is 0 Å². The van der Waals surface area contributed by atoms with Crippen molar-refractivity contribution in [1.82, 2.24) is 0 Å². The second kappa shape index (κ2) is 3.53. The summed E-state index contributed by atoms with van der Waals surface area (Å²) in [5.74, 6) is 0. The summed E-state index contributed by atoms with van der Waals surface area (Å²) < 4.78 is 0.418. The Morgan fingerprint density at radius 2 is 1.86 bits per heavy atom. The van der Waals surface area contributed by atoms with Crippen LogP contribution in [-0.2, 0) is 0 Å². The Morgan fingerprint density at radius 1 is 1.43 bits per heavy atom. The predicted octanol–water partition coefficient (Wildman–Crippen LogP) is 2.33. The van der Waals surface area contributed by atoms with Gasteiger partial charge in [-0.25, -0.2) is 0 Å². The maximum absolute atomic E-state index is 5.33. The first-order valence-electron chi connectivity index (χ1n) is 2.15. The first-order chi connectivity index (χ1) is 3.13. The third kappa shape index (κ3) is 6.54. The van der Waals surface area contributed by atoms with Crippen LogP contribution < -0.4 is 0 Å². The van der Waals surface area contributed by atoms with E-state index in [1.54, 1.807) is 0 Å². The number of hydrogen-bond donors (Lipinski definition) is 0. The van der Waals surface area contributed by atoms with Crippen LogP contribution in [0.4, 0.5) is 0 Å². The summed E-state index contributed by atoms with van der Waals surface area (Å²) >= 11 is 10.7. The SMILES string of the molecule is C[SiH](C)C=C(Cl)Cl. The van der Waals surface area contributed by atoms with Gasteiger partial charge in [-0.05, 0) is 0 Å². The minimum Gasteiger partial charge on any atom is -0.0717 e. The zero-order valence-electron chi connectivity index (χ0n) is 4.41. The van der Waals surface area contributed by atoms with E-state index in [0.29, 0.717) is 4.49 Å². The highest BCUT2D eigenvalue weighted by Gasteiger charge is 1.88. The van der Waals surface area contributed by atoms with Crippen LogP contribution in [-0.4, -0.2) is 8.80 Å². The molecule has 0 unspecified atom stereocenters. The molecule has 0 aromatic carbocycles. The average Bonchev–Trinajstić information content (AvgIpc) is 1.27. The van der Waals surface area contributed by atoms with Crippen LogP contribution in [0.1, 0.15) is 0 Å². The summed E-state index contributed by atoms with van der Waals surface area (Å²) in [6.07, 6.45) is 0. The molecule has 0 heterocycles. The van der Waals surface area contributed by atoms with Gasteiger partial charge in [-0.3, -0.25) is 0 Å². The molecule has 42 valence electrons. The molecule has 0 amide bonds. The minimum atomic E-state index is -0.654. The summed E-state index contributed by atoms with van der Waals surface area (Å²) in [6.45, 7) is 4.32. The van der Waals surface area contributed by atoms with Crippen molar-refractivity contribution in [3.8, 4) is 0 Å². The zero-order chi connectivity index (χ0) is 5.86. The van der Waals surface area contributed by atoms with Crippen LogP contribution in [0.15, 0.2) is 10.2 Å². The molecular formula is C4H8Cl2Si. The van der Waals surface area contributed by atoms with E-state index in [1.807, 2.05) is 5.70 Å². The second-order valence-electron chi connectivity index (χ2n) is 1.70. The molecule has 7 heavy (non-hydrogen) atoms. The van der Waals surface area contributed by atoms with Crippen LogP contribution in [0, 0.1) is 0 Å². The Bertz CT molecular complexity index is 73.8. The monoisotopic (exact) mass is 154 g/mol. The van der Waals surface area contributed by atoms with E-state index < -0.39 is 8.80 Å². The van der Waals surface area contributed by atoms with Crippen LogP contribution in [0.3, 0.4) is 0 Å². The van der Waals surface area contributed by atoms with Crippen molar-refractivity contribution in [1.29, 1.82) is 0 Å². The summed E-state index contributed by atoms with van der Waals surface area (Å²) in [4.78, 5) is 0. The van der Waals surface area contributed by atoms with Crippen LogP contribution in [0.25, 0.3) is 0 Å². The van der Waals surface area contributed by atoms with Crippen molar-refractivity contribution in [3.63, 3.8) is 0 Å². The average molecular weight is 155 g/mol. The fourth-order valence-corrected chi connectivity index (χ4v) is 2.27. The molecule has 0 N–H and O–H groups in total. The molecule has 0 aromatic heterocycles. The third-order valence-corrected chi connectivity index (χ3v) is 2.13. The Labute approximate surface area is 55.7 Å². The minimum absolute atomic E-state index is 0.418. The Morgan fingerprint density at radius 3 is 1.86 bits per heavy atom. The van der Waals surface area contributed by atoms with E-state index in [9.17, 15) is 0 Å². The van der Waals surface area contributed by atoms with Gasteiger partial charge >= 0.3 is 0 Å². The summed E-state index contributed by atoms with van der Waals surface area (Å²) in [6, 6.07) is 0. The van der Waals surface area contributed by atoms with Crippen molar-refractivity contribution in [3.05, 3.63) is 10.2 Å². The van der Waals surface area contributed by atoms with Crippen LogP contribution in [0.5, 0.6) is 0 Å². The van der Waals surface area contributed by atoms with Crippen molar-refractivity contribution < 1.29 is 0 Å². The molecule has 0 bridgehead atoms. The first kappa shape index (κ1) is 7.54. The molecule has 0 spiro atoms. The van der Waals surface area contributed by atoms with Gasteiger partial charge in [0.25, 0.3) is 0 Å². The maximum atomic E-state index is 5.33. The zero-order valence-corrected chi connectivity index (χ0v) is 7.08. The number of hydrogen-bond acceptors (Lipinski definition) is 0. The lowest BCUT2D eigenvalue weighted by molar-refractivity contribution is 1.98. The Kier molecular flexibility index (Phi) is 3.80. The summed E-state index contributed by atoms with van der Waals surface area (Å²) in [5, 5.41) is 0. The molecule has 3 heteroatoms. The molecule has 0 aliphatic heterocycles. The molecule has 0 aliphatic rings. The van der Waals surface area contributed by atoms with Crippen LogP contribution in [0.2, 0.25) is 13.1 Å². The van der Waals surface area contributed by atoms with Crippen molar-refractivity contribution in [2.75, 3.05) is 0 Å². The molecule has 0 radical (unpaired) electrons. The molecule has 0 aliphatic carbocycles. The number of rotatable bonds is 1. The molecule has 0 saturated carbocycles. The van der Waals surface area contributed by atoms with Crippen molar-refractivity contribution >= 4 is 32.0 Å². The van der Waals surface area contributed by atoms with Gasteiger partial charge in [0.05, 0.1) is 13.3 Å². The summed E-state index contributed by atoms with van der Waals surface area (Å²) in [5.41, 5.74) is 1.92. The normalized spacial score (nSPS) is 9.29. The third-order valence-electron chi connectivity index (χ3n) is 0.459. The second-order valence-corrected chi connectivity index (χ2v) is 5.53. The van der Waals surface area contributed by atoms with Gasteiger partial charge < -0.3 is 0 Å². The lowest BCUT2D eigenvalue weighted by atomic mass is 11.2. The predicted molar refractivity (Wildman–Crippen MR) is 38.7 cm³/mol. The summed E-state index contributed by atoms with van der Waals surface area (Å²) in [7, 11) is -0.654. The van der Waals surface area contributed by atoms with Crippen LogP contribution >= 0.6 is 23.2 Å². The van der Waals surface area contributed by atoms with E-state index in [4.69, 9.17) is 23.2 Å². The lowest BCUT2D eigenvalue weighted by Gasteiger charge is -1.87. The molecule has 0 rings (SSSR count). The highest BCUT2D eigenvalue weighted by molar-refractivity contribution is 6.67. The molecule has 0 atom stereocenters. The molecular weight excluding hydrogens is 147 g/mol. The van der Waals surface area contributed by atoms with Gasteiger partial charge in [0.15, 0.2) is 0 Å². The van der Waals surface area contributed by atoms with Gasteiger partial charge in [-0.15, -0.1) is 0 Å². The number of halogens is 2. The largest absolute Gasteiger partial charge is 0.0983 e. The quantitative estimate of drug-likeness (QED) is 0.510. The molecule has 0 fully saturated rings. The van der Waals surface area contributed by atoms with E-state index in [2.05, 4.69) is 13.1 Å². The fourth-order valence-electron chi connectivity index (χ4n) is 0.252. The van der Waals surface area contributed by atoms with Gasteiger partial charge in [0.2, 0.25) is 0 Å². The van der Waals surface area contributed by atoms with E-state index in [0.717, 1.165) is 0 Å². The van der Waals surface area contributed by atoms with Gasteiger partial charge in [0, 0.05) is 0 Å². The van der Waals surface area contributed by atoms with Crippen molar-refractivity contribution in [2.45, 2.75) is 13.1 Å². The Balaban J connectivity index is 3.45. The van der Waals surface area contributed by atoms with Gasteiger partial charge in [0.1, 0.15) is 0 Å². The van der Waals surface area contributed by atoms with E-state index in [-0.39, 0.29) is 0 Å². The first-order valence-corrected chi connectivity index (χ1v) is 5.89. The lowest BCUT2D eigenvalue weighted by Crippen LogP contribution is -1.91. The maximum Gasteiger partial charge on any atom is 0.0983 e. The standard InChI is InChI=1S/C4H8Cl2Si/c1-7(2)3-4(5)6/h3,7H,1-2H3. The topological polar surface area (TPSA) is 0 Å². The highest BCUT2D eigenvalue weighted by Crippen LogP contribution is 2.06. The van der Waals surface area contributed by atoms with E-state index in [1.165, 1.54) is 0 Å². The Hall–Kier alpha value is 0.537.